The monoisotopic (exact) mass is 237 g/mol. The van der Waals surface area contributed by atoms with E-state index >= 15 is 0 Å². The average Bonchev–Trinajstić information content (AvgIpc) is 2.81. The summed E-state index contributed by atoms with van der Waals surface area (Å²) in [6, 6.07) is 4.01. The van der Waals surface area contributed by atoms with E-state index in [2.05, 4.69) is 5.32 Å². The molecular formula is C13H19NOS. The Balaban J connectivity index is 1.67. The van der Waals surface area contributed by atoms with Crippen molar-refractivity contribution in [2.45, 2.75) is 38.5 Å². The summed E-state index contributed by atoms with van der Waals surface area (Å²) in [6.45, 7) is 0.879. The van der Waals surface area contributed by atoms with Crippen LogP contribution in [0.15, 0.2) is 17.5 Å². The molecule has 1 amide bonds. The fraction of sp³-hybridized carbons (Fsp3) is 0.615. The lowest BCUT2D eigenvalue weighted by Crippen LogP contribution is -2.31. The van der Waals surface area contributed by atoms with Crippen molar-refractivity contribution < 1.29 is 4.79 Å². The lowest BCUT2D eigenvalue weighted by molar-refractivity contribution is -0.120. The van der Waals surface area contributed by atoms with E-state index < -0.39 is 0 Å². The van der Waals surface area contributed by atoms with Crippen LogP contribution in [-0.4, -0.2) is 12.5 Å². The Morgan fingerprint density at radius 1 is 1.38 bits per heavy atom. The number of rotatable bonds is 4. The molecule has 2 rings (SSSR count). The minimum Gasteiger partial charge on any atom is -0.356 e. The molecule has 1 fully saturated rings. The largest absolute Gasteiger partial charge is 0.356 e. The van der Waals surface area contributed by atoms with Crippen molar-refractivity contribution in [3.8, 4) is 0 Å². The van der Waals surface area contributed by atoms with Crippen molar-refractivity contribution in [1.82, 2.24) is 5.32 Å². The zero-order valence-electron chi connectivity index (χ0n) is 9.58. The van der Waals surface area contributed by atoms with Gasteiger partial charge in [-0.25, -0.2) is 0 Å². The Hall–Kier alpha value is -0.830. The first-order valence-electron chi connectivity index (χ1n) is 6.13. The minimum atomic E-state index is 0.174. The Labute approximate surface area is 101 Å². The first kappa shape index (κ1) is 11.6. The second kappa shape index (κ2) is 6.04. The van der Waals surface area contributed by atoms with Crippen molar-refractivity contribution in [1.29, 1.82) is 0 Å². The van der Waals surface area contributed by atoms with Gasteiger partial charge in [-0.15, -0.1) is 11.3 Å². The van der Waals surface area contributed by atoms with Crippen LogP contribution in [-0.2, 0) is 11.2 Å². The molecule has 0 aromatic carbocycles. The van der Waals surface area contributed by atoms with Gasteiger partial charge in [-0.05, 0) is 30.2 Å². The molecule has 1 aromatic rings. The maximum Gasteiger partial charge on any atom is 0.225 e. The molecule has 3 heteroatoms. The number of amides is 1. The fourth-order valence-electron chi connectivity index (χ4n) is 2.28. The first-order chi connectivity index (χ1) is 7.84. The third kappa shape index (κ3) is 3.63. The van der Waals surface area contributed by atoms with Crippen LogP contribution < -0.4 is 5.32 Å². The van der Waals surface area contributed by atoms with E-state index in [1.54, 1.807) is 11.3 Å². The molecule has 0 radical (unpaired) electrons. The molecule has 88 valence electrons. The topological polar surface area (TPSA) is 29.1 Å². The predicted octanol–water partition coefficient (Wildman–Crippen LogP) is 2.99. The van der Waals surface area contributed by atoms with Gasteiger partial charge >= 0.3 is 0 Å². The van der Waals surface area contributed by atoms with Gasteiger partial charge in [0.25, 0.3) is 0 Å². The highest BCUT2D eigenvalue weighted by Crippen LogP contribution is 2.22. The van der Waals surface area contributed by atoms with E-state index in [0.717, 1.165) is 17.3 Å². The zero-order valence-corrected chi connectivity index (χ0v) is 10.4. The average molecular weight is 237 g/mol. The summed E-state index contributed by atoms with van der Waals surface area (Å²) in [5.74, 6) is 0.897. The van der Waals surface area contributed by atoms with E-state index in [4.69, 9.17) is 0 Å². The van der Waals surface area contributed by atoms with Gasteiger partial charge in [-0.2, -0.15) is 0 Å². The molecule has 1 aliphatic rings. The van der Waals surface area contributed by atoms with Crippen LogP contribution in [0.5, 0.6) is 0 Å². The van der Waals surface area contributed by atoms with E-state index in [1.165, 1.54) is 32.1 Å². The molecule has 1 N–H and O–H groups in total. The SMILES string of the molecule is O=C(Cc1cccs1)NCC1CCCCC1. The van der Waals surface area contributed by atoms with Crippen molar-refractivity contribution >= 4 is 17.2 Å². The van der Waals surface area contributed by atoms with Crippen LogP contribution in [0.3, 0.4) is 0 Å². The molecule has 0 saturated heterocycles. The number of nitrogens with one attached hydrogen (secondary N) is 1. The van der Waals surface area contributed by atoms with E-state index in [0.29, 0.717) is 6.42 Å². The van der Waals surface area contributed by atoms with Crippen LogP contribution in [0.4, 0.5) is 0 Å². The third-order valence-corrected chi connectivity index (χ3v) is 4.10. The zero-order chi connectivity index (χ0) is 11.2. The van der Waals surface area contributed by atoms with Gasteiger partial charge < -0.3 is 5.32 Å². The molecule has 1 heterocycles. The molecule has 0 aliphatic heterocycles. The van der Waals surface area contributed by atoms with Crippen LogP contribution in [0.2, 0.25) is 0 Å². The smallest absolute Gasteiger partial charge is 0.225 e. The molecule has 1 saturated carbocycles. The van der Waals surface area contributed by atoms with Gasteiger partial charge in [0.2, 0.25) is 5.91 Å². The molecule has 0 bridgehead atoms. The highest BCUT2D eigenvalue weighted by atomic mass is 32.1. The predicted molar refractivity (Wildman–Crippen MR) is 67.6 cm³/mol. The maximum atomic E-state index is 11.6. The number of hydrogen-bond donors (Lipinski definition) is 1. The molecule has 16 heavy (non-hydrogen) atoms. The second-order valence-electron chi connectivity index (χ2n) is 4.56. The highest BCUT2D eigenvalue weighted by Gasteiger charge is 2.14. The van der Waals surface area contributed by atoms with Gasteiger partial charge in [0.1, 0.15) is 0 Å². The molecule has 2 nitrogen and oxygen atoms in total. The minimum absolute atomic E-state index is 0.174. The lowest BCUT2D eigenvalue weighted by atomic mass is 9.89. The van der Waals surface area contributed by atoms with Gasteiger partial charge in [-0.3, -0.25) is 4.79 Å². The van der Waals surface area contributed by atoms with E-state index in [-0.39, 0.29) is 5.91 Å². The summed E-state index contributed by atoms with van der Waals surface area (Å²) < 4.78 is 0. The van der Waals surface area contributed by atoms with Crippen molar-refractivity contribution in [3.63, 3.8) is 0 Å². The van der Waals surface area contributed by atoms with Crippen LogP contribution in [0.1, 0.15) is 37.0 Å². The van der Waals surface area contributed by atoms with Crippen molar-refractivity contribution in [2.75, 3.05) is 6.54 Å². The van der Waals surface area contributed by atoms with E-state index in [1.807, 2.05) is 17.5 Å². The number of hydrogen-bond acceptors (Lipinski definition) is 2. The summed E-state index contributed by atoms with van der Waals surface area (Å²) in [5, 5.41) is 5.08. The van der Waals surface area contributed by atoms with Crippen LogP contribution >= 0.6 is 11.3 Å². The number of carbonyl (C=O) groups is 1. The number of carbonyl (C=O) groups excluding carboxylic acids is 1. The molecule has 0 unspecified atom stereocenters. The third-order valence-electron chi connectivity index (χ3n) is 3.23. The normalized spacial score (nSPS) is 17.2. The van der Waals surface area contributed by atoms with Gasteiger partial charge in [0.05, 0.1) is 6.42 Å². The van der Waals surface area contributed by atoms with Crippen molar-refractivity contribution in [2.24, 2.45) is 5.92 Å². The molecule has 1 aromatic heterocycles. The first-order valence-corrected chi connectivity index (χ1v) is 7.01. The van der Waals surface area contributed by atoms with Crippen molar-refractivity contribution in [3.05, 3.63) is 22.4 Å². The Morgan fingerprint density at radius 2 is 2.19 bits per heavy atom. The van der Waals surface area contributed by atoms with E-state index in [9.17, 15) is 4.79 Å². The van der Waals surface area contributed by atoms with Crippen LogP contribution in [0, 0.1) is 5.92 Å². The van der Waals surface area contributed by atoms with Gasteiger partial charge in [-0.1, -0.05) is 25.3 Å². The Bertz CT molecular complexity index is 315. The number of thiophene rings is 1. The summed E-state index contributed by atoms with van der Waals surface area (Å²) in [5.41, 5.74) is 0. The quantitative estimate of drug-likeness (QED) is 0.857. The summed E-state index contributed by atoms with van der Waals surface area (Å²) >= 11 is 1.65. The van der Waals surface area contributed by atoms with Gasteiger partial charge in [0.15, 0.2) is 0 Å². The molecular weight excluding hydrogens is 218 g/mol. The summed E-state index contributed by atoms with van der Waals surface area (Å²) in [7, 11) is 0. The Morgan fingerprint density at radius 3 is 2.88 bits per heavy atom. The maximum absolute atomic E-state index is 11.6. The summed E-state index contributed by atoms with van der Waals surface area (Å²) in [4.78, 5) is 12.8. The second-order valence-corrected chi connectivity index (χ2v) is 5.60. The fourth-order valence-corrected chi connectivity index (χ4v) is 2.99. The molecule has 0 atom stereocenters. The summed E-state index contributed by atoms with van der Waals surface area (Å²) in [6.07, 6.45) is 7.18. The Kier molecular flexibility index (Phi) is 4.40. The molecule has 0 spiro atoms. The van der Waals surface area contributed by atoms with Gasteiger partial charge in [0, 0.05) is 11.4 Å². The van der Waals surface area contributed by atoms with Crippen LogP contribution in [0.25, 0.3) is 0 Å². The highest BCUT2D eigenvalue weighted by molar-refractivity contribution is 7.10. The molecule has 1 aliphatic carbocycles. The lowest BCUT2D eigenvalue weighted by Gasteiger charge is -2.21. The standard InChI is InChI=1S/C13H19NOS/c15-13(9-12-7-4-8-16-12)14-10-11-5-2-1-3-6-11/h4,7-8,11H,1-3,5-6,9-10H2,(H,14,15).